The first-order chi connectivity index (χ1) is 9.49. The number of carbonyl (C=O) groups excluding carboxylic acids is 1. The first kappa shape index (κ1) is 13.1. The molecule has 0 bridgehead atoms. The molecule has 2 aliphatic rings. The molecule has 9 heteroatoms. The van der Waals surface area contributed by atoms with Gasteiger partial charge in [-0.3, -0.25) is 9.69 Å². The molecule has 1 saturated heterocycles. The van der Waals surface area contributed by atoms with Gasteiger partial charge in [0.25, 0.3) is 0 Å². The molecule has 0 radical (unpaired) electrons. The SMILES string of the molecule is C[n+]1ccn(CC2=C(C(=O)O)N3C(=O)[C@@H](N)[C@H]3SC2)n1. The zero-order chi connectivity index (χ0) is 14.4. The zero-order valence-electron chi connectivity index (χ0n) is 10.8. The van der Waals surface area contributed by atoms with Crippen molar-refractivity contribution in [2.45, 2.75) is 18.0 Å². The van der Waals surface area contributed by atoms with E-state index in [0.717, 1.165) is 0 Å². The molecular weight excluding hydrogens is 282 g/mol. The van der Waals surface area contributed by atoms with Crippen LogP contribution in [0.15, 0.2) is 23.7 Å². The van der Waals surface area contributed by atoms with Gasteiger partial charge in [0, 0.05) is 11.3 Å². The van der Waals surface area contributed by atoms with Crippen molar-refractivity contribution in [2.75, 3.05) is 5.75 Å². The average molecular weight is 296 g/mol. The minimum atomic E-state index is -1.10. The maximum absolute atomic E-state index is 11.8. The van der Waals surface area contributed by atoms with Crippen LogP contribution < -0.4 is 10.4 Å². The van der Waals surface area contributed by atoms with Gasteiger partial charge in [-0.25, -0.2) is 4.79 Å². The van der Waals surface area contributed by atoms with Crippen LogP contribution in [-0.4, -0.2) is 48.9 Å². The highest BCUT2D eigenvalue weighted by molar-refractivity contribution is 8.00. The van der Waals surface area contributed by atoms with Crippen LogP contribution >= 0.6 is 11.8 Å². The maximum atomic E-state index is 11.8. The van der Waals surface area contributed by atoms with Crippen LogP contribution in [0.2, 0.25) is 0 Å². The van der Waals surface area contributed by atoms with Crippen LogP contribution in [-0.2, 0) is 23.2 Å². The van der Waals surface area contributed by atoms with Crippen LogP contribution in [0.5, 0.6) is 0 Å². The highest BCUT2D eigenvalue weighted by atomic mass is 32.2. The Morgan fingerprint density at radius 1 is 1.70 bits per heavy atom. The lowest BCUT2D eigenvalue weighted by molar-refractivity contribution is -0.732. The number of rotatable bonds is 3. The van der Waals surface area contributed by atoms with Crippen molar-refractivity contribution >= 4 is 23.6 Å². The Kier molecular flexibility index (Phi) is 3.02. The van der Waals surface area contributed by atoms with Gasteiger partial charge < -0.3 is 10.8 Å². The predicted molar refractivity (Wildman–Crippen MR) is 69.1 cm³/mol. The maximum Gasteiger partial charge on any atom is 0.352 e. The third-order valence-corrected chi connectivity index (χ3v) is 4.71. The first-order valence-corrected chi connectivity index (χ1v) is 7.09. The molecule has 0 aromatic carbocycles. The summed E-state index contributed by atoms with van der Waals surface area (Å²) in [6.07, 6.45) is 3.53. The second kappa shape index (κ2) is 4.60. The van der Waals surface area contributed by atoms with Gasteiger partial charge in [0.2, 0.25) is 5.91 Å². The lowest BCUT2D eigenvalue weighted by atomic mass is 10.0. The Bertz CT molecular complexity index is 625. The lowest BCUT2D eigenvalue weighted by Gasteiger charge is -2.47. The molecular formula is C11H14N5O3S+. The van der Waals surface area contributed by atoms with E-state index < -0.39 is 12.0 Å². The number of hydrogen-bond acceptors (Lipinski definition) is 5. The highest BCUT2D eigenvalue weighted by Gasteiger charge is 2.51. The fourth-order valence-corrected chi connectivity index (χ4v) is 3.68. The average Bonchev–Trinajstić information content (AvgIpc) is 2.82. The van der Waals surface area contributed by atoms with Gasteiger partial charge in [-0.05, 0) is 0 Å². The number of β-lactam (4-membered cyclic amide) rings is 1. The molecule has 3 heterocycles. The molecule has 106 valence electrons. The second-order valence-corrected chi connectivity index (χ2v) is 5.86. The summed E-state index contributed by atoms with van der Waals surface area (Å²) in [5.41, 5.74) is 6.42. The number of nitrogens with two attached hydrogens (primary N) is 1. The van der Waals surface area contributed by atoms with Gasteiger partial charge in [0.1, 0.15) is 30.7 Å². The van der Waals surface area contributed by atoms with E-state index in [0.29, 0.717) is 17.9 Å². The molecule has 1 aromatic rings. The monoisotopic (exact) mass is 296 g/mol. The number of amides is 1. The van der Waals surface area contributed by atoms with E-state index in [1.165, 1.54) is 16.7 Å². The van der Waals surface area contributed by atoms with Crippen molar-refractivity contribution in [3.05, 3.63) is 23.7 Å². The molecule has 1 amide bonds. The zero-order valence-corrected chi connectivity index (χ0v) is 11.6. The van der Waals surface area contributed by atoms with Crippen molar-refractivity contribution < 1.29 is 19.4 Å². The van der Waals surface area contributed by atoms with Crippen LogP contribution in [0.1, 0.15) is 0 Å². The number of carboxylic acids is 1. The normalized spacial score (nSPS) is 25.5. The number of aryl methyl sites for hydroxylation is 1. The van der Waals surface area contributed by atoms with E-state index in [1.807, 2.05) is 0 Å². The number of fused-ring (bicyclic) bond motifs is 1. The minimum absolute atomic E-state index is 0.0543. The number of nitrogens with zero attached hydrogens (tertiary/aromatic N) is 4. The van der Waals surface area contributed by atoms with Gasteiger partial charge in [0.15, 0.2) is 12.4 Å². The standard InChI is InChI=1S/C11H13N5O3S/c1-14-2-3-15(13-14)4-6-5-20-10-7(12)9(17)16(10)8(6)11(18)19/h2-3,7,10H,4-5,12H2,1H3/p+1/t7-,10-/m1/s1. The smallest absolute Gasteiger partial charge is 0.352 e. The van der Waals surface area contributed by atoms with E-state index in [-0.39, 0.29) is 17.0 Å². The summed E-state index contributed by atoms with van der Waals surface area (Å²) in [5, 5.41) is 13.3. The molecule has 20 heavy (non-hydrogen) atoms. The molecule has 8 nitrogen and oxygen atoms in total. The molecule has 0 saturated carbocycles. The number of aliphatic carboxylic acids is 1. The van der Waals surface area contributed by atoms with Crippen molar-refractivity contribution in [3.8, 4) is 0 Å². The number of carbonyl (C=O) groups is 2. The summed E-state index contributed by atoms with van der Waals surface area (Å²) in [6.45, 7) is 0.348. The summed E-state index contributed by atoms with van der Waals surface area (Å²) in [5.74, 6) is -0.891. The largest absolute Gasteiger partial charge is 0.477 e. The number of thioether (sulfide) groups is 1. The molecule has 2 atom stereocenters. The lowest BCUT2D eigenvalue weighted by Crippen LogP contribution is -2.68. The van der Waals surface area contributed by atoms with Gasteiger partial charge in [-0.15, -0.1) is 21.1 Å². The third kappa shape index (κ3) is 1.90. The van der Waals surface area contributed by atoms with Gasteiger partial charge >= 0.3 is 5.97 Å². The van der Waals surface area contributed by atoms with Gasteiger partial charge in [0.05, 0.1) is 5.21 Å². The van der Waals surface area contributed by atoms with Crippen LogP contribution in [0, 0.1) is 0 Å². The number of hydrogen-bond donors (Lipinski definition) is 2. The second-order valence-electron chi connectivity index (χ2n) is 4.75. The Morgan fingerprint density at radius 2 is 2.45 bits per heavy atom. The minimum Gasteiger partial charge on any atom is -0.477 e. The molecule has 3 N–H and O–H groups in total. The first-order valence-electron chi connectivity index (χ1n) is 6.04. The molecule has 0 unspecified atom stereocenters. The summed E-state index contributed by atoms with van der Waals surface area (Å²) in [7, 11) is 1.78. The Hall–Kier alpha value is -1.87. The summed E-state index contributed by atoms with van der Waals surface area (Å²) in [4.78, 5) is 24.5. The highest BCUT2D eigenvalue weighted by Crippen LogP contribution is 2.39. The van der Waals surface area contributed by atoms with Gasteiger partial charge in [-0.2, -0.15) is 0 Å². The predicted octanol–water partition coefficient (Wildman–Crippen LogP) is -1.71. The molecule has 1 aromatic heterocycles. The molecule has 0 aliphatic carbocycles. The Balaban J connectivity index is 1.94. The van der Waals surface area contributed by atoms with E-state index in [2.05, 4.69) is 5.21 Å². The fraction of sp³-hybridized carbons (Fsp3) is 0.455. The topological polar surface area (TPSA) is 105 Å². The molecule has 3 rings (SSSR count). The van der Waals surface area contributed by atoms with Gasteiger partial charge in [-0.1, -0.05) is 0 Å². The fourth-order valence-electron chi connectivity index (χ4n) is 2.40. The number of carboxylic acid groups (broad SMARTS) is 1. The van der Waals surface area contributed by atoms with Crippen LogP contribution in [0.3, 0.4) is 0 Å². The number of aromatic nitrogens is 3. The van der Waals surface area contributed by atoms with Crippen molar-refractivity contribution in [2.24, 2.45) is 12.8 Å². The van der Waals surface area contributed by atoms with Crippen LogP contribution in [0.4, 0.5) is 0 Å². The summed E-state index contributed by atoms with van der Waals surface area (Å²) >= 11 is 1.49. The summed E-state index contributed by atoms with van der Waals surface area (Å²) < 4.78 is 3.27. The third-order valence-electron chi connectivity index (χ3n) is 3.35. The van der Waals surface area contributed by atoms with E-state index >= 15 is 0 Å². The van der Waals surface area contributed by atoms with Crippen molar-refractivity contribution in [3.63, 3.8) is 0 Å². The Labute approximate surface area is 118 Å². The van der Waals surface area contributed by atoms with E-state index in [9.17, 15) is 14.7 Å². The molecule has 0 spiro atoms. The van der Waals surface area contributed by atoms with Crippen LogP contribution in [0.25, 0.3) is 0 Å². The Morgan fingerprint density at radius 3 is 3.05 bits per heavy atom. The quantitative estimate of drug-likeness (QED) is 0.508. The van der Waals surface area contributed by atoms with E-state index in [4.69, 9.17) is 5.73 Å². The van der Waals surface area contributed by atoms with Crippen molar-refractivity contribution in [1.29, 1.82) is 0 Å². The molecule has 1 fully saturated rings. The summed E-state index contributed by atoms with van der Waals surface area (Å²) in [6, 6.07) is -0.599. The molecule has 2 aliphatic heterocycles. The van der Waals surface area contributed by atoms with E-state index in [1.54, 1.807) is 28.8 Å². The van der Waals surface area contributed by atoms with Crippen molar-refractivity contribution in [1.82, 2.24) is 14.8 Å².